The standard InChI is InChI=1S/C15H18N4O5/c1-10(12-8-11(23-2)4-5-13(12)24-3)16-15(20)9-18-7-6-14(17-18)19(21)22/h4-8,10H,9H2,1-3H3,(H,16,20). The minimum atomic E-state index is -0.613. The molecule has 0 aliphatic rings. The molecule has 0 bridgehead atoms. The quantitative estimate of drug-likeness (QED) is 0.609. The van der Waals surface area contributed by atoms with Crippen molar-refractivity contribution >= 4 is 11.7 Å². The summed E-state index contributed by atoms with van der Waals surface area (Å²) in [6.07, 6.45) is 1.38. The molecule has 0 spiro atoms. The number of amides is 1. The molecule has 2 aromatic rings. The highest BCUT2D eigenvalue weighted by Crippen LogP contribution is 2.29. The van der Waals surface area contributed by atoms with Gasteiger partial charge in [0.1, 0.15) is 18.0 Å². The summed E-state index contributed by atoms with van der Waals surface area (Å²) in [6, 6.07) is 6.20. The van der Waals surface area contributed by atoms with E-state index in [1.54, 1.807) is 39.3 Å². The second-order valence-corrected chi connectivity index (χ2v) is 5.03. The number of methoxy groups -OCH3 is 2. The summed E-state index contributed by atoms with van der Waals surface area (Å²) in [5.74, 6) is 0.642. The number of hydrogen-bond donors (Lipinski definition) is 1. The molecule has 0 saturated carbocycles. The van der Waals surface area contributed by atoms with Crippen LogP contribution in [0.15, 0.2) is 30.5 Å². The van der Waals surface area contributed by atoms with Crippen molar-refractivity contribution in [1.29, 1.82) is 0 Å². The van der Waals surface area contributed by atoms with Crippen LogP contribution in [0, 0.1) is 10.1 Å². The van der Waals surface area contributed by atoms with Gasteiger partial charge in [0.25, 0.3) is 0 Å². The van der Waals surface area contributed by atoms with Gasteiger partial charge in [0, 0.05) is 5.56 Å². The van der Waals surface area contributed by atoms with Crippen molar-refractivity contribution in [1.82, 2.24) is 15.1 Å². The van der Waals surface area contributed by atoms with Gasteiger partial charge in [-0.15, -0.1) is 0 Å². The van der Waals surface area contributed by atoms with Crippen LogP contribution >= 0.6 is 0 Å². The Balaban J connectivity index is 2.06. The molecule has 1 aromatic carbocycles. The monoisotopic (exact) mass is 334 g/mol. The van der Waals surface area contributed by atoms with Crippen molar-refractivity contribution in [3.05, 3.63) is 46.1 Å². The van der Waals surface area contributed by atoms with Crippen molar-refractivity contribution in [2.24, 2.45) is 0 Å². The lowest BCUT2D eigenvalue weighted by molar-refractivity contribution is -0.389. The lowest BCUT2D eigenvalue weighted by Crippen LogP contribution is -2.30. The SMILES string of the molecule is COc1ccc(OC)c(C(C)NC(=O)Cn2ccc([N+](=O)[O-])n2)c1. The van der Waals surface area contributed by atoms with E-state index in [0.717, 1.165) is 5.56 Å². The van der Waals surface area contributed by atoms with Gasteiger partial charge in [-0.25, -0.2) is 0 Å². The smallest absolute Gasteiger partial charge is 0.389 e. The second kappa shape index (κ2) is 7.44. The summed E-state index contributed by atoms with van der Waals surface area (Å²) in [5.41, 5.74) is 0.761. The van der Waals surface area contributed by atoms with Crippen LogP contribution in [0.25, 0.3) is 0 Å². The number of nitro groups is 1. The van der Waals surface area contributed by atoms with Gasteiger partial charge in [0.2, 0.25) is 5.91 Å². The number of hydrogen-bond acceptors (Lipinski definition) is 6. The first-order valence-corrected chi connectivity index (χ1v) is 7.13. The van der Waals surface area contributed by atoms with Gasteiger partial charge in [-0.3, -0.25) is 4.79 Å². The average molecular weight is 334 g/mol. The number of aromatic nitrogens is 2. The van der Waals surface area contributed by atoms with E-state index in [1.165, 1.54) is 16.9 Å². The van der Waals surface area contributed by atoms with E-state index in [2.05, 4.69) is 10.4 Å². The minimum absolute atomic E-state index is 0.121. The van der Waals surface area contributed by atoms with Crippen LogP contribution in [0.2, 0.25) is 0 Å². The van der Waals surface area contributed by atoms with Gasteiger partial charge >= 0.3 is 5.82 Å². The first-order chi connectivity index (χ1) is 11.4. The molecule has 128 valence electrons. The van der Waals surface area contributed by atoms with Crippen molar-refractivity contribution in [3.8, 4) is 11.5 Å². The molecule has 2 rings (SSSR count). The van der Waals surface area contributed by atoms with Crippen LogP contribution in [0.4, 0.5) is 5.82 Å². The molecule has 24 heavy (non-hydrogen) atoms. The van der Waals surface area contributed by atoms with E-state index in [9.17, 15) is 14.9 Å². The van der Waals surface area contributed by atoms with Gasteiger partial charge in [-0.2, -0.15) is 4.68 Å². The van der Waals surface area contributed by atoms with Gasteiger partial charge < -0.3 is 24.9 Å². The maximum atomic E-state index is 12.1. The lowest BCUT2D eigenvalue weighted by Gasteiger charge is -2.18. The fraction of sp³-hybridized carbons (Fsp3) is 0.333. The van der Waals surface area contributed by atoms with Crippen LogP contribution in [0.5, 0.6) is 11.5 Å². The van der Waals surface area contributed by atoms with Gasteiger partial charge in [-0.05, 0) is 30.0 Å². The Labute approximate surface area is 138 Å². The van der Waals surface area contributed by atoms with Crippen molar-refractivity contribution in [2.75, 3.05) is 14.2 Å². The highest BCUT2D eigenvalue weighted by molar-refractivity contribution is 5.76. The molecule has 0 saturated heterocycles. The third-order valence-electron chi connectivity index (χ3n) is 3.40. The van der Waals surface area contributed by atoms with E-state index in [-0.39, 0.29) is 24.3 Å². The Morgan fingerprint density at radius 3 is 2.71 bits per heavy atom. The van der Waals surface area contributed by atoms with Gasteiger partial charge in [-0.1, -0.05) is 0 Å². The molecule has 1 amide bonds. The number of carbonyl (C=O) groups is 1. The molecule has 1 aromatic heterocycles. The van der Waals surface area contributed by atoms with Crippen LogP contribution in [0.3, 0.4) is 0 Å². The Hall–Kier alpha value is -3.10. The molecule has 1 unspecified atom stereocenters. The molecular weight excluding hydrogens is 316 g/mol. The van der Waals surface area contributed by atoms with E-state index >= 15 is 0 Å². The van der Waals surface area contributed by atoms with Crippen molar-refractivity contribution in [2.45, 2.75) is 19.5 Å². The number of benzene rings is 1. The summed E-state index contributed by atoms with van der Waals surface area (Å²) < 4.78 is 11.7. The Morgan fingerprint density at radius 1 is 1.38 bits per heavy atom. The zero-order chi connectivity index (χ0) is 17.7. The number of ether oxygens (including phenoxy) is 2. The minimum Gasteiger partial charge on any atom is -0.497 e. The Morgan fingerprint density at radius 2 is 2.12 bits per heavy atom. The topological polar surface area (TPSA) is 109 Å². The zero-order valence-corrected chi connectivity index (χ0v) is 13.6. The molecule has 1 atom stereocenters. The predicted octanol–water partition coefficient (Wildman–Crippen LogP) is 1.69. The second-order valence-electron chi connectivity index (χ2n) is 5.03. The fourth-order valence-corrected chi connectivity index (χ4v) is 2.23. The summed E-state index contributed by atoms with van der Waals surface area (Å²) >= 11 is 0. The molecule has 1 heterocycles. The van der Waals surface area contributed by atoms with Gasteiger partial charge in [0.15, 0.2) is 0 Å². The summed E-state index contributed by atoms with van der Waals surface area (Å²) in [6.45, 7) is 1.69. The fourth-order valence-electron chi connectivity index (χ4n) is 2.23. The van der Waals surface area contributed by atoms with E-state index in [1.807, 2.05) is 0 Å². The largest absolute Gasteiger partial charge is 0.497 e. The number of carbonyl (C=O) groups excluding carboxylic acids is 1. The van der Waals surface area contributed by atoms with Crippen LogP contribution in [-0.2, 0) is 11.3 Å². The first kappa shape index (κ1) is 17.3. The molecule has 0 fully saturated rings. The molecule has 0 aliphatic carbocycles. The first-order valence-electron chi connectivity index (χ1n) is 7.13. The third-order valence-corrected chi connectivity index (χ3v) is 3.40. The normalized spacial score (nSPS) is 11.6. The average Bonchev–Trinajstić information content (AvgIpc) is 3.02. The number of nitrogens with one attached hydrogen (secondary N) is 1. The van der Waals surface area contributed by atoms with Crippen molar-refractivity contribution in [3.63, 3.8) is 0 Å². The third kappa shape index (κ3) is 4.00. The number of rotatable bonds is 7. The molecule has 0 aliphatic heterocycles. The maximum Gasteiger partial charge on any atom is 0.389 e. The molecule has 9 nitrogen and oxygen atoms in total. The van der Waals surface area contributed by atoms with E-state index in [4.69, 9.17) is 9.47 Å². The van der Waals surface area contributed by atoms with E-state index in [0.29, 0.717) is 11.5 Å². The van der Waals surface area contributed by atoms with Crippen LogP contribution < -0.4 is 14.8 Å². The predicted molar refractivity (Wildman–Crippen MR) is 85.0 cm³/mol. The van der Waals surface area contributed by atoms with Crippen LogP contribution in [-0.4, -0.2) is 34.8 Å². The number of nitrogens with zero attached hydrogens (tertiary/aromatic N) is 3. The molecular formula is C15H18N4O5. The summed E-state index contributed by atoms with van der Waals surface area (Å²) in [5, 5.41) is 17.1. The Kier molecular flexibility index (Phi) is 5.35. The van der Waals surface area contributed by atoms with Gasteiger partial charge in [0.05, 0.1) is 37.6 Å². The Bertz CT molecular complexity index is 743. The molecule has 9 heteroatoms. The highest BCUT2D eigenvalue weighted by atomic mass is 16.6. The molecule has 0 radical (unpaired) electrons. The maximum absolute atomic E-state index is 12.1. The highest BCUT2D eigenvalue weighted by Gasteiger charge is 2.18. The summed E-state index contributed by atoms with van der Waals surface area (Å²) in [4.78, 5) is 22.1. The van der Waals surface area contributed by atoms with Crippen LogP contribution in [0.1, 0.15) is 18.5 Å². The molecule has 1 N–H and O–H groups in total. The van der Waals surface area contributed by atoms with E-state index < -0.39 is 4.92 Å². The van der Waals surface area contributed by atoms with Crippen molar-refractivity contribution < 1.29 is 19.2 Å². The summed E-state index contributed by atoms with van der Waals surface area (Å²) in [7, 11) is 3.10. The zero-order valence-electron chi connectivity index (χ0n) is 13.6. The lowest BCUT2D eigenvalue weighted by atomic mass is 10.1.